The number of thiazole rings is 1. The van der Waals surface area contributed by atoms with Gasteiger partial charge in [-0.15, -0.1) is 11.3 Å². The molecular formula is C27H28ClN3O3S. The van der Waals surface area contributed by atoms with Crippen molar-refractivity contribution in [2.75, 3.05) is 27.4 Å². The third-order valence-electron chi connectivity index (χ3n) is 5.79. The summed E-state index contributed by atoms with van der Waals surface area (Å²) in [7, 11) is 3.31. The van der Waals surface area contributed by atoms with E-state index in [-0.39, 0.29) is 5.91 Å². The second-order valence-corrected chi connectivity index (χ2v) is 9.35. The minimum Gasteiger partial charge on any atom is -0.497 e. The first-order valence-electron chi connectivity index (χ1n) is 11.3. The van der Waals surface area contributed by atoms with Gasteiger partial charge >= 0.3 is 0 Å². The first-order chi connectivity index (χ1) is 17.0. The predicted octanol–water partition coefficient (Wildman–Crippen LogP) is 6.06. The molecule has 2 aromatic heterocycles. The zero-order chi connectivity index (χ0) is 24.8. The molecule has 8 heteroatoms. The van der Waals surface area contributed by atoms with Gasteiger partial charge in [-0.05, 0) is 43.2 Å². The zero-order valence-corrected chi connectivity index (χ0v) is 21.6. The van der Waals surface area contributed by atoms with Crippen LogP contribution in [0, 0.1) is 6.92 Å². The Morgan fingerprint density at radius 1 is 1.14 bits per heavy atom. The second kappa shape index (κ2) is 11.5. The molecule has 0 aliphatic heterocycles. The highest BCUT2D eigenvalue weighted by Crippen LogP contribution is 2.34. The van der Waals surface area contributed by atoms with Crippen LogP contribution in [-0.4, -0.2) is 42.8 Å². The van der Waals surface area contributed by atoms with Gasteiger partial charge in [0.1, 0.15) is 10.8 Å². The molecule has 182 valence electrons. The standard InChI is InChI=1S/C27H28ClN3O3S/c1-18-22(26(32)29-13-6-14-33-2)15-25(31(18)16-19-9-11-20(34-3)12-10-19)24-17-35-27(30-24)21-7-4-5-8-23(21)28/h4-5,7-12,15,17H,6,13-14,16H2,1-3H3,(H,29,32). The second-order valence-electron chi connectivity index (χ2n) is 8.08. The predicted molar refractivity (Wildman–Crippen MR) is 142 cm³/mol. The zero-order valence-electron chi connectivity index (χ0n) is 20.0. The van der Waals surface area contributed by atoms with E-state index in [1.54, 1.807) is 14.2 Å². The molecule has 6 nitrogen and oxygen atoms in total. The Kier molecular flexibility index (Phi) is 8.23. The molecule has 0 radical (unpaired) electrons. The maximum atomic E-state index is 13.0. The lowest BCUT2D eigenvalue weighted by Gasteiger charge is -2.12. The summed E-state index contributed by atoms with van der Waals surface area (Å²) in [5.74, 6) is 0.702. The van der Waals surface area contributed by atoms with E-state index in [4.69, 9.17) is 26.1 Å². The summed E-state index contributed by atoms with van der Waals surface area (Å²) >= 11 is 7.94. The maximum Gasteiger partial charge on any atom is 0.253 e. The number of nitrogens with zero attached hydrogens (tertiary/aromatic N) is 2. The first kappa shape index (κ1) is 25.0. The van der Waals surface area contributed by atoms with Crippen molar-refractivity contribution < 1.29 is 14.3 Å². The van der Waals surface area contributed by atoms with E-state index in [9.17, 15) is 4.79 Å². The summed E-state index contributed by atoms with van der Waals surface area (Å²) in [5, 5.41) is 6.51. The molecule has 1 amide bonds. The summed E-state index contributed by atoms with van der Waals surface area (Å²) in [6.45, 7) is 3.73. The normalized spacial score (nSPS) is 11.0. The molecule has 0 fully saturated rings. The summed E-state index contributed by atoms with van der Waals surface area (Å²) in [5.41, 5.74) is 5.20. The van der Waals surface area contributed by atoms with Crippen LogP contribution in [0.2, 0.25) is 5.02 Å². The number of carbonyl (C=O) groups is 1. The van der Waals surface area contributed by atoms with Crippen LogP contribution >= 0.6 is 22.9 Å². The molecule has 4 rings (SSSR count). The Hall–Kier alpha value is -3.13. The molecule has 0 spiro atoms. The van der Waals surface area contributed by atoms with E-state index in [1.165, 1.54) is 11.3 Å². The van der Waals surface area contributed by atoms with Crippen molar-refractivity contribution in [3.8, 4) is 27.7 Å². The lowest BCUT2D eigenvalue weighted by atomic mass is 10.2. The molecule has 0 bridgehead atoms. The number of halogens is 1. The molecule has 0 aliphatic carbocycles. The van der Waals surface area contributed by atoms with Crippen LogP contribution in [-0.2, 0) is 11.3 Å². The van der Waals surface area contributed by atoms with Gasteiger partial charge in [-0.3, -0.25) is 4.79 Å². The molecule has 4 aromatic rings. The van der Waals surface area contributed by atoms with Crippen molar-refractivity contribution in [1.29, 1.82) is 0 Å². The van der Waals surface area contributed by atoms with E-state index in [2.05, 4.69) is 9.88 Å². The van der Waals surface area contributed by atoms with Gasteiger partial charge in [-0.1, -0.05) is 41.9 Å². The summed E-state index contributed by atoms with van der Waals surface area (Å²) < 4.78 is 12.5. The minimum absolute atomic E-state index is 0.102. The number of hydrogen-bond acceptors (Lipinski definition) is 5. The Labute approximate surface area is 214 Å². The molecule has 2 heterocycles. The molecule has 0 saturated carbocycles. The molecule has 0 aliphatic rings. The highest BCUT2D eigenvalue weighted by atomic mass is 35.5. The SMILES string of the molecule is COCCCNC(=O)c1cc(-c2csc(-c3ccccc3Cl)n2)n(Cc2ccc(OC)cc2)c1C. The van der Waals surface area contributed by atoms with Crippen LogP contribution in [0.25, 0.3) is 22.0 Å². The van der Waals surface area contributed by atoms with E-state index in [0.717, 1.165) is 45.4 Å². The average Bonchev–Trinajstić information content (AvgIpc) is 3.48. The highest BCUT2D eigenvalue weighted by molar-refractivity contribution is 7.13. The van der Waals surface area contributed by atoms with Crippen LogP contribution in [0.3, 0.4) is 0 Å². The monoisotopic (exact) mass is 509 g/mol. The quantitative estimate of drug-likeness (QED) is 0.264. The fourth-order valence-electron chi connectivity index (χ4n) is 3.87. The molecule has 35 heavy (non-hydrogen) atoms. The number of amides is 1. The van der Waals surface area contributed by atoms with E-state index < -0.39 is 0 Å². The third-order valence-corrected chi connectivity index (χ3v) is 7.00. The molecule has 1 N–H and O–H groups in total. The van der Waals surface area contributed by atoms with Gasteiger partial charge < -0.3 is 19.4 Å². The van der Waals surface area contributed by atoms with Crippen molar-refractivity contribution in [3.05, 3.63) is 81.8 Å². The number of benzene rings is 2. The van der Waals surface area contributed by atoms with Crippen molar-refractivity contribution in [1.82, 2.24) is 14.9 Å². The van der Waals surface area contributed by atoms with Gasteiger partial charge in [0.2, 0.25) is 0 Å². The minimum atomic E-state index is -0.102. The van der Waals surface area contributed by atoms with E-state index in [1.807, 2.05) is 66.9 Å². The van der Waals surface area contributed by atoms with Crippen LogP contribution in [0.15, 0.2) is 60.0 Å². The van der Waals surface area contributed by atoms with Crippen LogP contribution in [0.5, 0.6) is 5.75 Å². The number of nitrogens with one attached hydrogen (secondary N) is 1. The fraction of sp³-hybridized carbons (Fsp3) is 0.259. The van der Waals surface area contributed by atoms with Crippen molar-refractivity contribution in [2.24, 2.45) is 0 Å². The van der Waals surface area contributed by atoms with Gasteiger partial charge in [-0.2, -0.15) is 0 Å². The number of aromatic nitrogens is 2. The summed E-state index contributed by atoms with van der Waals surface area (Å²) in [6.07, 6.45) is 0.758. The molecule has 0 atom stereocenters. The largest absolute Gasteiger partial charge is 0.497 e. The topological polar surface area (TPSA) is 65.4 Å². The average molecular weight is 510 g/mol. The van der Waals surface area contributed by atoms with Crippen LogP contribution in [0.1, 0.15) is 28.0 Å². The van der Waals surface area contributed by atoms with Crippen molar-refractivity contribution in [2.45, 2.75) is 19.9 Å². The van der Waals surface area contributed by atoms with Gasteiger partial charge in [0.25, 0.3) is 5.91 Å². The molecule has 0 saturated heterocycles. The van der Waals surface area contributed by atoms with E-state index in [0.29, 0.717) is 30.3 Å². The Balaban J connectivity index is 1.70. The molecule has 0 unspecified atom stereocenters. The summed E-state index contributed by atoms with van der Waals surface area (Å²) in [6, 6.07) is 17.5. The smallest absolute Gasteiger partial charge is 0.253 e. The van der Waals surface area contributed by atoms with E-state index >= 15 is 0 Å². The molecule has 2 aromatic carbocycles. The number of ether oxygens (including phenoxy) is 2. The number of carbonyl (C=O) groups excluding carboxylic acids is 1. The number of rotatable bonds is 10. The Morgan fingerprint density at radius 3 is 2.63 bits per heavy atom. The maximum absolute atomic E-state index is 13.0. The number of methoxy groups -OCH3 is 2. The van der Waals surface area contributed by atoms with Gasteiger partial charge in [0.05, 0.1) is 29.1 Å². The highest BCUT2D eigenvalue weighted by Gasteiger charge is 2.21. The Bertz CT molecular complexity index is 1300. The van der Waals surface area contributed by atoms with Gasteiger partial charge in [0, 0.05) is 43.4 Å². The van der Waals surface area contributed by atoms with Crippen LogP contribution in [0.4, 0.5) is 0 Å². The fourth-order valence-corrected chi connectivity index (χ4v) is 5.00. The summed E-state index contributed by atoms with van der Waals surface area (Å²) in [4.78, 5) is 17.9. The van der Waals surface area contributed by atoms with Crippen molar-refractivity contribution in [3.63, 3.8) is 0 Å². The third kappa shape index (κ3) is 5.75. The Morgan fingerprint density at radius 2 is 1.91 bits per heavy atom. The van der Waals surface area contributed by atoms with Gasteiger partial charge in [-0.25, -0.2) is 4.98 Å². The first-order valence-corrected chi connectivity index (χ1v) is 12.6. The van der Waals surface area contributed by atoms with Crippen LogP contribution < -0.4 is 10.1 Å². The number of hydrogen-bond donors (Lipinski definition) is 1. The molecular weight excluding hydrogens is 482 g/mol. The van der Waals surface area contributed by atoms with Gasteiger partial charge in [0.15, 0.2) is 0 Å². The van der Waals surface area contributed by atoms with Crippen molar-refractivity contribution >= 4 is 28.8 Å². The lowest BCUT2D eigenvalue weighted by Crippen LogP contribution is -2.25. The lowest BCUT2D eigenvalue weighted by molar-refractivity contribution is 0.0948.